The van der Waals surface area contributed by atoms with E-state index >= 15 is 0 Å². The van der Waals surface area contributed by atoms with E-state index < -0.39 is 48.0 Å². The Labute approximate surface area is 246 Å². The molecular formula is C29H42ClN5O6. The van der Waals surface area contributed by atoms with E-state index in [-0.39, 0.29) is 17.7 Å². The van der Waals surface area contributed by atoms with Crippen molar-refractivity contribution in [2.75, 3.05) is 13.7 Å². The molecular weight excluding hydrogens is 550 g/mol. The molecule has 226 valence electrons. The van der Waals surface area contributed by atoms with Crippen LogP contribution in [0.15, 0.2) is 36.4 Å². The minimum absolute atomic E-state index is 0.239. The molecule has 5 amide bonds. The van der Waals surface area contributed by atoms with Gasteiger partial charge in [-0.3, -0.25) is 14.4 Å². The molecule has 41 heavy (non-hydrogen) atoms. The zero-order valence-corrected chi connectivity index (χ0v) is 25.0. The molecule has 1 aromatic carbocycles. The maximum Gasteiger partial charge on any atom is 0.328 e. The first-order chi connectivity index (χ1) is 19.4. The van der Waals surface area contributed by atoms with Crippen LogP contribution in [0.2, 0.25) is 5.02 Å². The van der Waals surface area contributed by atoms with Gasteiger partial charge in [-0.15, -0.1) is 0 Å². The van der Waals surface area contributed by atoms with E-state index in [1.807, 2.05) is 12.1 Å². The predicted molar refractivity (Wildman–Crippen MR) is 156 cm³/mol. The number of esters is 1. The molecule has 0 fully saturated rings. The topological polar surface area (TPSA) is 155 Å². The van der Waals surface area contributed by atoms with E-state index in [1.54, 1.807) is 45.9 Å². The largest absolute Gasteiger partial charge is 0.467 e. The highest BCUT2D eigenvalue weighted by Crippen LogP contribution is 2.17. The maximum atomic E-state index is 13.4. The smallest absolute Gasteiger partial charge is 0.328 e. The van der Waals surface area contributed by atoms with Gasteiger partial charge in [-0.05, 0) is 49.1 Å². The molecule has 11 nitrogen and oxygen atoms in total. The van der Waals surface area contributed by atoms with Gasteiger partial charge in [0, 0.05) is 17.6 Å². The Hall–Kier alpha value is -3.60. The van der Waals surface area contributed by atoms with Crippen LogP contribution >= 0.6 is 11.6 Å². The molecule has 1 aliphatic rings. The van der Waals surface area contributed by atoms with Gasteiger partial charge in [-0.2, -0.15) is 0 Å². The number of halogens is 1. The van der Waals surface area contributed by atoms with Gasteiger partial charge in [0.05, 0.1) is 13.2 Å². The Morgan fingerprint density at radius 2 is 1.68 bits per heavy atom. The molecule has 2 rings (SSSR count). The number of urea groups is 1. The van der Waals surface area contributed by atoms with Crippen LogP contribution in [0.1, 0.15) is 52.5 Å². The van der Waals surface area contributed by atoms with Crippen molar-refractivity contribution >= 4 is 41.3 Å². The Kier molecular flexibility index (Phi) is 13.6. The highest BCUT2D eigenvalue weighted by Gasteiger charge is 2.31. The maximum absolute atomic E-state index is 13.4. The van der Waals surface area contributed by atoms with Crippen molar-refractivity contribution in [3.63, 3.8) is 0 Å². The summed E-state index contributed by atoms with van der Waals surface area (Å²) in [6.45, 7) is 7.47. The molecule has 5 N–H and O–H groups in total. The number of carbonyl (C=O) groups is 5. The van der Waals surface area contributed by atoms with Crippen LogP contribution in [0.4, 0.5) is 4.79 Å². The second-order valence-corrected chi connectivity index (χ2v) is 11.1. The summed E-state index contributed by atoms with van der Waals surface area (Å²) in [6, 6.07) is 3.20. The van der Waals surface area contributed by atoms with Gasteiger partial charge in [0.15, 0.2) is 0 Å². The van der Waals surface area contributed by atoms with Gasteiger partial charge in [0.25, 0.3) is 0 Å². The molecule has 4 atom stereocenters. The molecule has 12 heteroatoms. The monoisotopic (exact) mass is 591 g/mol. The summed E-state index contributed by atoms with van der Waals surface area (Å²) in [5.74, 6) is -2.37. The quantitative estimate of drug-likeness (QED) is 0.277. The lowest BCUT2D eigenvalue weighted by molar-refractivity contribution is -0.144. The van der Waals surface area contributed by atoms with Gasteiger partial charge < -0.3 is 31.3 Å². The molecule has 0 unspecified atom stereocenters. The lowest BCUT2D eigenvalue weighted by atomic mass is 10.0. The summed E-state index contributed by atoms with van der Waals surface area (Å²) in [5.41, 5.74) is 0.791. The fourth-order valence-electron chi connectivity index (χ4n) is 4.31. The van der Waals surface area contributed by atoms with Crippen LogP contribution in [-0.2, 0) is 30.3 Å². The van der Waals surface area contributed by atoms with Gasteiger partial charge in [0.1, 0.15) is 18.1 Å². The van der Waals surface area contributed by atoms with Gasteiger partial charge in [-0.1, -0.05) is 63.6 Å². The second-order valence-electron chi connectivity index (χ2n) is 10.7. The third-order valence-corrected chi connectivity index (χ3v) is 7.07. The molecule has 0 bridgehead atoms. The number of hydrogen-bond acceptors (Lipinski definition) is 6. The Bertz CT molecular complexity index is 1110. The molecule has 1 aliphatic heterocycles. The van der Waals surface area contributed by atoms with E-state index in [9.17, 15) is 24.0 Å². The van der Waals surface area contributed by atoms with Gasteiger partial charge in [0.2, 0.25) is 17.7 Å². The summed E-state index contributed by atoms with van der Waals surface area (Å²) < 4.78 is 4.76. The van der Waals surface area contributed by atoms with Crippen molar-refractivity contribution < 1.29 is 28.7 Å². The van der Waals surface area contributed by atoms with Crippen molar-refractivity contribution in [2.45, 2.75) is 77.5 Å². The van der Waals surface area contributed by atoms with Crippen molar-refractivity contribution in [1.82, 2.24) is 26.6 Å². The van der Waals surface area contributed by atoms with E-state index in [2.05, 4.69) is 26.6 Å². The Balaban J connectivity index is 2.19. The fourth-order valence-corrected chi connectivity index (χ4v) is 4.53. The van der Waals surface area contributed by atoms with E-state index in [4.69, 9.17) is 16.3 Å². The number of ether oxygens (including phenoxy) is 1. The van der Waals surface area contributed by atoms with Crippen molar-refractivity contribution in [1.29, 1.82) is 0 Å². The number of methoxy groups -OCH3 is 1. The van der Waals surface area contributed by atoms with Gasteiger partial charge in [-0.25, -0.2) is 9.59 Å². The molecule has 0 radical (unpaired) electrons. The summed E-state index contributed by atoms with van der Waals surface area (Å²) in [6.07, 6.45) is 4.82. The third kappa shape index (κ3) is 11.1. The van der Waals surface area contributed by atoms with Crippen LogP contribution in [0.25, 0.3) is 0 Å². The average Bonchev–Trinajstić information content (AvgIpc) is 2.92. The van der Waals surface area contributed by atoms with Crippen molar-refractivity contribution in [3.8, 4) is 0 Å². The number of amides is 5. The van der Waals surface area contributed by atoms with Crippen LogP contribution in [0.5, 0.6) is 0 Å². The fraction of sp³-hybridized carbons (Fsp3) is 0.552. The average molecular weight is 592 g/mol. The van der Waals surface area contributed by atoms with Gasteiger partial charge >= 0.3 is 12.0 Å². The highest BCUT2D eigenvalue weighted by atomic mass is 35.5. The standard InChI is InChI=1S/C29H42ClN5O6/c1-17(2)24(34-29(40)35-25(18(3)4)28(39)41-5)27(38)33-22-12-8-9-15-31-23(36)14-13-20(32-26(22)37)16-19-10-6-7-11-21(19)30/h6-7,10-11,13-14,17-18,20,22,24-25H,8-9,12,15-16H2,1-5H3,(H,31,36)(H,32,37)(H,33,38)(H2,34,35,40)/b14-13+/t20-,22+,24+,25+/m1/s1. The second kappa shape index (κ2) is 16.6. The normalized spacial score (nSPS) is 20.4. The molecule has 0 saturated carbocycles. The first-order valence-corrected chi connectivity index (χ1v) is 14.3. The molecule has 0 saturated heterocycles. The summed E-state index contributed by atoms with van der Waals surface area (Å²) >= 11 is 6.33. The third-order valence-electron chi connectivity index (χ3n) is 6.70. The lowest BCUT2D eigenvalue weighted by Gasteiger charge is -2.28. The Morgan fingerprint density at radius 3 is 2.32 bits per heavy atom. The molecule has 0 aliphatic carbocycles. The molecule has 0 aromatic heterocycles. The number of hydrogen-bond donors (Lipinski definition) is 5. The molecule has 1 heterocycles. The van der Waals surface area contributed by atoms with Crippen molar-refractivity contribution in [2.24, 2.45) is 11.8 Å². The summed E-state index contributed by atoms with van der Waals surface area (Å²) in [5, 5.41) is 14.3. The van der Waals surface area contributed by atoms with Crippen molar-refractivity contribution in [3.05, 3.63) is 47.0 Å². The molecule has 1 aromatic rings. The van der Waals surface area contributed by atoms with Crippen LogP contribution in [-0.4, -0.2) is 67.5 Å². The zero-order chi connectivity index (χ0) is 30.5. The van der Waals surface area contributed by atoms with Crippen LogP contribution in [0.3, 0.4) is 0 Å². The highest BCUT2D eigenvalue weighted by molar-refractivity contribution is 6.31. The minimum Gasteiger partial charge on any atom is -0.467 e. The minimum atomic E-state index is -0.979. The summed E-state index contributed by atoms with van der Waals surface area (Å²) in [7, 11) is 1.23. The lowest BCUT2D eigenvalue weighted by Crippen LogP contribution is -2.59. The first kappa shape index (κ1) is 33.6. The number of benzene rings is 1. The Morgan fingerprint density at radius 1 is 1.02 bits per heavy atom. The van der Waals surface area contributed by atoms with E-state index in [0.29, 0.717) is 37.3 Å². The first-order valence-electron chi connectivity index (χ1n) is 13.9. The van der Waals surface area contributed by atoms with Crippen LogP contribution < -0.4 is 26.6 Å². The van der Waals surface area contributed by atoms with E-state index in [0.717, 1.165) is 5.56 Å². The number of carbonyl (C=O) groups excluding carboxylic acids is 5. The molecule has 0 spiro atoms. The number of nitrogens with one attached hydrogen (secondary N) is 5. The number of rotatable bonds is 9. The zero-order valence-electron chi connectivity index (χ0n) is 24.3. The summed E-state index contributed by atoms with van der Waals surface area (Å²) in [4.78, 5) is 63.8. The van der Waals surface area contributed by atoms with E-state index in [1.165, 1.54) is 13.2 Å². The SMILES string of the molecule is COC(=O)[C@@H](NC(=O)N[C@H](C(=O)N[C@H]1CCCCNC(=O)/C=C/[C@H](Cc2ccccc2Cl)NC1=O)C(C)C)C(C)C. The van der Waals surface area contributed by atoms with Crippen LogP contribution in [0, 0.1) is 11.8 Å². The predicted octanol–water partition coefficient (Wildman–Crippen LogP) is 2.23.